The van der Waals surface area contributed by atoms with Crippen molar-refractivity contribution in [3.8, 4) is 0 Å². The van der Waals surface area contributed by atoms with E-state index >= 15 is 0 Å². The minimum Gasteiger partial charge on any atom is -0.334 e. The molecule has 2 heterocycles. The second-order valence-corrected chi connectivity index (χ2v) is 6.29. The standard InChI is InChI=1S/C15H23N3O/c1-10-13(11(2)17-16-10)14(19)18-8-6-12(7-9-18)15(3,4)5/h6H,7-9H2,1-5H3,(H,16,17). The number of nitrogens with zero attached hydrogens (tertiary/aromatic N) is 2. The van der Waals surface area contributed by atoms with Crippen molar-refractivity contribution in [2.75, 3.05) is 13.1 Å². The van der Waals surface area contributed by atoms with Gasteiger partial charge >= 0.3 is 0 Å². The zero-order valence-corrected chi connectivity index (χ0v) is 12.5. The highest BCUT2D eigenvalue weighted by molar-refractivity contribution is 5.96. The molecule has 1 aliphatic rings. The molecule has 1 N–H and O–H groups in total. The summed E-state index contributed by atoms with van der Waals surface area (Å²) in [5.74, 6) is 0.0907. The van der Waals surface area contributed by atoms with E-state index in [2.05, 4.69) is 37.0 Å². The fourth-order valence-electron chi connectivity index (χ4n) is 2.56. The van der Waals surface area contributed by atoms with Crippen LogP contribution in [0, 0.1) is 19.3 Å². The number of hydrogen-bond acceptors (Lipinski definition) is 2. The minimum absolute atomic E-state index is 0.0907. The number of carbonyl (C=O) groups excluding carboxylic acids is 1. The van der Waals surface area contributed by atoms with Gasteiger partial charge in [-0.25, -0.2) is 0 Å². The predicted octanol–water partition coefficient (Wildman–Crippen LogP) is 2.84. The van der Waals surface area contributed by atoms with Crippen molar-refractivity contribution >= 4 is 5.91 Å². The molecule has 0 bridgehead atoms. The van der Waals surface area contributed by atoms with Crippen LogP contribution >= 0.6 is 0 Å². The third-order valence-corrected chi connectivity index (χ3v) is 3.80. The molecule has 104 valence electrons. The van der Waals surface area contributed by atoms with Gasteiger partial charge in [0, 0.05) is 18.8 Å². The molecule has 0 atom stereocenters. The van der Waals surface area contributed by atoms with Gasteiger partial charge < -0.3 is 4.90 Å². The fraction of sp³-hybridized carbons (Fsp3) is 0.600. The summed E-state index contributed by atoms with van der Waals surface area (Å²) < 4.78 is 0. The zero-order chi connectivity index (χ0) is 14.2. The van der Waals surface area contributed by atoms with Crippen molar-refractivity contribution in [2.24, 2.45) is 5.41 Å². The van der Waals surface area contributed by atoms with Crippen LogP contribution in [0.2, 0.25) is 0 Å². The highest BCUT2D eigenvalue weighted by Gasteiger charge is 2.26. The van der Waals surface area contributed by atoms with Gasteiger partial charge in [0.2, 0.25) is 0 Å². The van der Waals surface area contributed by atoms with Crippen molar-refractivity contribution in [1.82, 2.24) is 15.1 Å². The third kappa shape index (κ3) is 2.72. The summed E-state index contributed by atoms with van der Waals surface area (Å²) in [6.07, 6.45) is 3.16. The molecule has 1 aliphatic heterocycles. The second kappa shape index (κ2) is 4.83. The third-order valence-electron chi connectivity index (χ3n) is 3.80. The molecule has 0 aliphatic carbocycles. The summed E-state index contributed by atoms with van der Waals surface area (Å²) >= 11 is 0. The van der Waals surface area contributed by atoms with Crippen LogP contribution in [0.3, 0.4) is 0 Å². The normalized spacial score (nSPS) is 16.5. The number of hydrogen-bond donors (Lipinski definition) is 1. The number of nitrogens with one attached hydrogen (secondary N) is 1. The van der Waals surface area contributed by atoms with Crippen LogP contribution in [0.15, 0.2) is 11.6 Å². The van der Waals surface area contributed by atoms with Gasteiger partial charge in [-0.05, 0) is 25.7 Å². The predicted molar refractivity (Wildman–Crippen MR) is 76.1 cm³/mol. The molecule has 0 fully saturated rings. The molecule has 0 aromatic carbocycles. The Kier molecular flexibility index (Phi) is 3.52. The molecule has 4 nitrogen and oxygen atoms in total. The first-order chi connectivity index (χ1) is 8.80. The summed E-state index contributed by atoms with van der Waals surface area (Å²) in [6, 6.07) is 0. The Balaban J connectivity index is 2.15. The van der Waals surface area contributed by atoms with E-state index in [1.165, 1.54) is 5.57 Å². The molecule has 0 saturated carbocycles. The van der Waals surface area contributed by atoms with Gasteiger partial charge in [-0.15, -0.1) is 0 Å². The van der Waals surface area contributed by atoms with E-state index in [9.17, 15) is 4.79 Å². The van der Waals surface area contributed by atoms with E-state index in [0.717, 1.165) is 29.9 Å². The molecule has 0 radical (unpaired) electrons. The zero-order valence-electron chi connectivity index (χ0n) is 12.5. The largest absolute Gasteiger partial charge is 0.334 e. The Labute approximate surface area is 114 Å². The Morgan fingerprint density at radius 1 is 1.37 bits per heavy atom. The van der Waals surface area contributed by atoms with Crippen molar-refractivity contribution in [1.29, 1.82) is 0 Å². The van der Waals surface area contributed by atoms with E-state index < -0.39 is 0 Å². The Morgan fingerprint density at radius 3 is 2.47 bits per heavy atom. The molecule has 1 amide bonds. The number of carbonyl (C=O) groups is 1. The van der Waals surface area contributed by atoms with Crippen LogP contribution < -0.4 is 0 Å². The minimum atomic E-state index is 0.0907. The quantitative estimate of drug-likeness (QED) is 0.790. The Bertz CT molecular complexity index is 500. The van der Waals surface area contributed by atoms with Gasteiger partial charge in [0.1, 0.15) is 0 Å². The topological polar surface area (TPSA) is 49.0 Å². The van der Waals surface area contributed by atoms with Gasteiger partial charge in [0.25, 0.3) is 5.91 Å². The van der Waals surface area contributed by atoms with E-state index in [-0.39, 0.29) is 11.3 Å². The van der Waals surface area contributed by atoms with Crippen molar-refractivity contribution in [3.05, 3.63) is 28.6 Å². The van der Waals surface area contributed by atoms with Gasteiger partial charge in [0.15, 0.2) is 0 Å². The first kappa shape index (κ1) is 13.8. The molecule has 4 heteroatoms. The van der Waals surface area contributed by atoms with Crippen LogP contribution in [0.5, 0.6) is 0 Å². The number of amides is 1. The monoisotopic (exact) mass is 261 g/mol. The average molecular weight is 261 g/mol. The summed E-state index contributed by atoms with van der Waals surface area (Å²) in [5, 5.41) is 6.98. The molecule has 0 unspecified atom stereocenters. The Morgan fingerprint density at radius 2 is 2.05 bits per heavy atom. The van der Waals surface area contributed by atoms with Gasteiger partial charge in [-0.1, -0.05) is 32.4 Å². The van der Waals surface area contributed by atoms with Gasteiger partial charge in [0.05, 0.1) is 11.3 Å². The number of aromatic nitrogens is 2. The first-order valence-corrected chi connectivity index (χ1v) is 6.81. The van der Waals surface area contributed by atoms with Gasteiger partial charge in [-0.3, -0.25) is 9.89 Å². The smallest absolute Gasteiger partial charge is 0.257 e. The lowest BCUT2D eigenvalue weighted by Crippen LogP contribution is -2.36. The van der Waals surface area contributed by atoms with Crippen molar-refractivity contribution in [3.63, 3.8) is 0 Å². The van der Waals surface area contributed by atoms with E-state index in [0.29, 0.717) is 6.54 Å². The van der Waals surface area contributed by atoms with Crippen molar-refractivity contribution in [2.45, 2.75) is 41.0 Å². The SMILES string of the molecule is Cc1n[nH]c(C)c1C(=O)N1CC=C(C(C)(C)C)CC1. The summed E-state index contributed by atoms with van der Waals surface area (Å²) in [5.41, 5.74) is 4.02. The molecule has 19 heavy (non-hydrogen) atoms. The number of aryl methyl sites for hydroxylation is 2. The molecular formula is C15H23N3O. The Hall–Kier alpha value is -1.58. The molecule has 1 aromatic rings. The number of rotatable bonds is 1. The molecule has 0 saturated heterocycles. The number of aromatic amines is 1. The van der Waals surface area contributed by atoms with E-state index in [1.807, 2.05) is 18.7 Å². The van der Waals surface area contributed by atoms with E-state index in [4.69, 9.17) is 0 Å². The fourth-order valence-corrected chi connectivity index (χ4v) is 2.56. The lowest BCUT2D eigenvalue weighted by Gasteiger charge is -2.32. The van der Waals surface area contributed by atoms with Gasteiger partial charge in [-0.2, -0.15) is 5.10 Å². The maximum Gasteiger partial charge on any atom is 0.257 e. The van der Waals surface area contributed by atoms with Crippen molar-refractivity contribution < 1.29 is 4.79 Å². The van der Waals surface area contributed by atoms with Crippen LogP contribution in [-0.4, -0.2) is 34.1 Å². The second-order valence-electron chi connectivity index (χ2n) is 6.29. The highest BCUT2D eigenvalue weighted by atomic mass is 16.2. The van der Waals surface area contributed by atoms with Crippen LogP contribution in [-0.2, 0) is 0 Å². The number of H-pyrrole nitrogens is 1. The maximum absolute atomic E-state index is 12.5. The lowest BCUT2D eigenvalue weighted by atomic mass is 9.83. The summed E-state index contributed by atoms with van der Waals surface area (Å²) in [4.78, 5) is 14.4. The maximum atomic E-state index is 12.5. The van der Waals surface area contributed by atoms with E-state index in [1.54, 1.807) is 0 Å². The summed E-state index contributed by atoms with van der Waals surface area (Å²) in [6.45, 7) is 11.9. The van der Waals surface area contributed by atoms with Crippen LogP contribution in [0.4, 0.5) is 0 Å². The molecule has 0 spiro atoms. The van der Waals surface area contributed by atoms with Crippen LogP contribution in [0.25, 0.3) is 0 Å². The molecule has 2 rings (SSSR count). The lowest BCUT2D eigenvalue weighted by molar-refractivity contribution is 0.0763. The highest BCUT2D eigenvalue weighted by Crippen LogP contribution is 2.30. The molecular weight excluding hydrogens is 238 g/mol. The molecule has 1 aromatic heterocycles. The summed E-state index contributed by atoms with van der Waals surface area (Å²) in [7, 11) is 0. The average Bonchev–Trinajstić information content (AvgIpc) is 2.67. The van der Waals surface area contributed by atoms with Crippen LogP contribution in [0.1, 0.15) is 48.9 Å². The first-order valence-electron chi connectivity index (χ1n) is 6.81.